The number of benzene rings is 1. The number of rotatable bonds is 4. The van der Waals surface area contributed by atoms with Crippen LogP contribution in [0.4, 0.5) is 8.78 Å². The Morgan fingerprint density at radius 3 is 2.56 bits per heavy atom. The van der Waals surface area contributed by atoms with Crippen LogP contribution in [0.1, 0.15) is 23.4 Å². The monoisotopic (exact) mass is 248 g/mol. The number of alkyl halides is 3. The fourth-order valence-corrected chi connectivity index (χ4v) is 1.52. The second kappa shape index (κ2) is 5.25. The van der Waals surface area contributed by atoms with E-state index in [9.17, 15) is 13.6 Å². The number of carbonyl (C=O) groups is 1. The summed E-state index contributed by atoms with van der Waals surface area (Å²) in [5.41, 5.74) is 0.791. The lowest BCUT2D eigenvalue weighted by Gasteiger charge is -2.15. The average molecular weight is 249 g/mol. The molecule has 0 aliphatic carbocycles. The maximum atomic E-state index is 12.2. The molecule has 0 N–H and O–H groups in total. The molecule has 0 saturated carbocycles. The molecule has 0 heterocycles. The van der Waals surface area contributed by atoms with E-state index in [2.05, 4.69) is 4.74 Å². The number of Topliss-reactive ketones (excluding diaryl/α,β-unsaturated/α-hetero) is 1. The van der Waals surface area contributed by atoms with E-state index < -0.39 is 12.0 Å². The average Bonchev–Trinajstić information content (AvgIpc) is 2.19. The van der Waals surface area contributed by atoms with E-state index in [1.807, 2.05) is 0 Å². The molecule has 0 spiro atoms. The van der Waals surface area contributed by atoms with Gasteiger partial charge in [-0.1, -0.05) is 18.2 Å². The molecule has 0 radical (unpaired) electrons. The quantitative estimate of drug-likeness (QED) is 0.763. The lowest BCUT2D eigenvalue weighted by molar-refractivity contribution is -0.116. The molecule has 5 heteroatoms. The van der Waals surface area contributed by atoms with Crippen LogP contribution in [-0.2, 0) is 4.79 Å². The number of hydrogen-bond donors (Lipinski definition) is 0. The van der Waals surface area contributed by atoms with E-state index in [0.717, 1.165) is 0 Å². The largest absolute Gasteiger partial charge is 0.434 e. The highest BCUT2D eigenvalue weighted by atomic mass is 35.5. The van der Waals surface area contributed by atoms with Gasteiger partial charge in [-0.05, 0) is 19.4 Å². The van der Waals surface area contributed by atoms with E-state index in [-0.39, 0.29) is 17.1 Å². The molecule has 0 aliphatic rings. The fraction of sp³-hybridized carbons (Fsp3) is 0.364. The first-order valence-corrected chi connectivity index (χ1v) is 5.06. The van der Waals surface area contributed by atoms with Gasteiger partial charge in [-0.25, -0.2) is 0 Å². The molecule has 88 valence electrons. The summed E-state index contributed by atoms with van der Waals surface area (Å²) < 4.78 is 28.8. The summed E-state index contributed by atoms with van der Waals surface area (Å²) in [6, 6.07) is 4.76. The highest BCUT2D eigenvalue weighted by Crippen LogP contribution is 2.33. The predicted octanol–water partition coefficient (Wildman–Crippen LogP) is 3.47. The third-order valence-corrected chi connectivity index (χ3v) is 2.62. The number of carbonyl (C=O) groups excluding carboxylic acids is 1. The van der Waals surface area contributed by atoms with Gasteiger partial charge in [0.15, 0.2) is 5.78 Å². The third kappa shape index (κ3) is 2.92. The van der Waals surface area contributed by atoms with Crippen LogP contribution in [0.2, 0.25) is 0 Å². The summed E-state index contributed by atoms with van der Waals surface area (Å²) in [5, 5.41) is -0.964. The molecule has 16 heavy (non-hydrogen) atoms. The Kier molecular flexibility index (Phi) is 4.24. The van der Waals surface area contributed by atoms with Gasteiger partial charge in [0.2, 0.25) is 0 Å². The van der Waals surface area contributed by atoms with Gasteiger partial charge in [0.05, 0.1) is 0 Å². The second-order valence-electron chi connectivity index (χ2n) is 3.34. The van der Waals surface area contributed by atoms with Crippen molar-refractivity contribution < 1.29 is 18.3 Å². The van der Waals surface area contributed by atoms with Crippen molar-refractivity contribution in [3.63, 3.8) is 0 Å². The Hall–Kier alpha value is -1.16. The lowest BCUT2D eigenvalue weighted by atomic mass is 10.0. The minimum atomic E-state index is -2.93. The first-order valence-electron chi connectivity index (χ1n) is 4.62. The lowest BCUT2D eigenvalue weighted by Crippen LogP contribution is -2.09. The molecule has 0 aliphatic heterocycles. The summed E-state index contributed by atoms with van der Waals surface area (Å²) in [7, 11) is 0. The van der Waals surface area contributed by atoms with Crippen LogP contribution >= 0.6 is 11.6 Å². The van der Waals surface area contributed by atoms with E-state index >= 15 is 0 Å². The van der Waals surface area contributed by atoms with Crippen molar-refractivity contribution in [2.75, 3.05) is 0 Å². The van der Waals surface area contributed by atoms with Crippen molar-refractivity contribution in [3.8, 4) is 5.75 Å². The molecular formula is C11H11ClF2O2. The highest BCUT2D eigenvalue weighted by molar-refractivity contribution is 6.31. The van der Waals surface area contributed by atoms with Gasteiger partial charge >= 0.3 is 6.61 Å². The third-order valence-electron chi connectivity index (χ3n) is 2.08. The van der Waals surface area contributed by atoms with Gasteiger partial charge in [-0.15, -0.1) is 11.6 Å². The SMILES string of the molecule is CC(=O)C(Cl)c1cccc(C)c1OC(F)F. The fourth-order valence-electron chi connectivity index (χ4n) is 1.34. The van der Waals surface area contributed by atoms with Crippen molar-refractivity contribution in [1.29, 1.82) is 0 Å². The Morgan fingerprint density at radius 1 is 1.44 bits per heavy atom. The molecule has 0 aromatic heterocycles. The predicted molar refractivity (Wildman–Crippen MR) is 57.1 cm³/mol. The van der Waals surface area contributed by atoms with Gasteiger partial charge in [0, 0.05) is 5.56 Å². The number of ether oxygens (including phenoxy) is 1. The Bertz CT molecular complexity index is 394. The highest BCUT2D eigenvalue weighted by Gasteiger charge is 2.21. The van der Waals surface area contributed by atoms with Crippen LogP contribution in [0, 0.1) is 6.92 Å². The van der Waals surface area contributed by atoms with Crippen LogP contribution in [-0.4, -0.2) is 12.4 Å². The molecule has 0 saturated heterocycles. The van der Waals surface area contributed by atoms with Crippen LogP contribution < -0.4 is 4.74 Å². The first kappa shape index (κ1) is 12.9. The van der Waals surface area contributed by atoms with Gasteiger partial charge in [0.1, 0.15) is 11.1 Å². The molecule has 0 bridgehead atoms. The Balaban J connectivity index is 3.17. The summed E-state index contributed by atoms with van der Waals surface area (Å²) in [6.07, 6.45) is 0. The van der Waals surface area contributed by atoms with Crippen molar-refractivity contribution in [3.05, 3.63) is 29.3 Å². The van der Waals surface area contributed by atoms with Crippen molar-refractivity contribution in [2.45, 2.75) is 25.8 Å². The maximum Gasteiger partial charge on any atom is 0.387 e. The number of ketones is 1. The van der Waals surface area contributed by atoms with Crippen LogP contribution in [0.5, 0.6) is 5.75 Å². The number of para-hydroxylation sites is 1. The van der Waals surface area contributed by atoms with E-state index in [1.54, 1.807) is 19.1 Å². The smallest absolute Gasteiger partial charge is 0.387 e. The van der Waals surface area contributed by atoms with Crippen molar-refractivity contribution >= 4 is 17.4 Å². The standard InChI is InChI=1S/C11H11ClF2O2/c1-6-4-3-5-8(9(12)7(2)15)10(6)16-11(13)14/h3-5,9,11H,1-2H3. The van der Waals surface area contributed by atoms with Gasteiger partial charge in [-0.3, -0.25) is 4.79 Å². The van der Waals surface area contributed by atoms with E-state index in [1.165, 1.54) is 13.0 Å². The molecule has 1 aromatic carbocycles. The zero-order valence-corrected chi connectivity index (χ0v) is 9.59. The van der Waals surface area contributed by atoms with E-state index in [0.29, 0.717) is 5.56 Å². The first-order chi connectivity index (χ1) is 7.43. The molecule has 1 aromatic rings. The molecule has 1 atom stereocenters. The van der Waals surface area contributed by atoms with Crippen LogP contribution in [0.25, 0.3) is 0 Å². The van der Waals surface area contributed by atoms with E-state index in [4.69, 9.17) is 11.6 Å². The zero-order chi connectivity index (χ0) is 12.3. The minimum Gasteiger partial charge on any atom is -0.434 e. The number of aryl methyl sites for hydroxylation is 1. The van der Waals surface area contributed by atoms with Gasteiger partial charge < -0.3 is 4.74 Å². The summed E-state index contributed by atoms with van der Waals surface area (Å²) in [5.74, 6) is -0.334. The summed E-state index contributed by atoms with van der Waals surface area (Å²) >= 11 is 5.83. The number of halogens is 3. The summed E-state index contributed by atoms with van der Waals surface area (Å²) in [6.45, 7) is -0.0208. The maximum absolute atomic E-state index is 12.2. The normalized spacial score (nSPS) is 12.6. The van der Waals surface area contributed by atoms with Crippen molar-refractivity contribution in [1.82, 2.24) is 0 Å². The Labute approximate surface area is 97.2 Å². The zero-order valence-electron chi connectivity index (χ0n) is 8.84. The second-order valence-corrected chi connectivity index (χ2v) is 3.78. The van der Waals surface area contributed by atoms with Crippen LogP contribution in [0.3, 0.4) is 0 Å². The molecule has 0 fully saturated rings. The Morgan fingerprint density at radius 2 is 2.06 bits per heavy atom. The molecular weight excluding hydrogens is 238 g/mol. The topological polar surface area (TPSA) is 26.3 Å². The molecule has 0 amide bonds. The molecule has 1 rings (SSSR count). The number of hydrogen-bond acceptors (Lipinski definition) is 2. The molecule has 1 unspecified atom stereocenters. The van der Waals surface area contributed by atoms with Gasteiger partial charge in [-0.2, -0.15) is 8.78 Å². The summed E-state index contributed by atoms with van der Waals surface area (Å²) in [4.78, 5) is 11.1. The van der Waals surface area contributed by atoms with Gasteiger partial charge in [0.25, 0.3) is 0 Å². The minimum absolute atomic E-state index is 0.0206. The molecule has 2 nitrogen and oxygen atoms in total. The van der Waals surface area contributed by atoms with Crippen LogP contribution in [0.15, 0.2) is 18.2 Å². The van der Waals surface area contributed by atoms with Crippen molar-refractivity contribution in [2.24, 2.45) is 0 Å².